The summed E-state index contributed by atoms with van der Waals surface area (Å²) in [5, 5.41) is 21.7. The van der Waals surface area contributed by atoms with Crippen LogP contribution in [0, 0.1) is 0 Å². The highest BCUT2D eigenvalue weighted by atomic mass is 35.5. The molecule has 1 heterocycles. The number of β-amino-alcohol motifs (C(OH)–C–C–N with tert-alkyl or cyclic N) is 1. The summed E-state index contributed by atoms with van der Waals surface area (Å²) in [6, 6.07) is 5.23. The molecule has 1 aliphatic rings. The number of rotatable bonds is 2. The zero-order valence-electron chi connectivity index (χ0n) is 9.88. The van der Waals surface area contributed by atoms with Crippen LogP contribution < -0.4 is 10.6 Å². The fraction of sp³-hybridized carbons (Fsp3) is 0.417. The summed E-state index contributed by atoms with van der Waals surface area (Å²) in [6.45, 7) is 1.46. The highest BCUT2D eigenvalue weighted by Crippen LogP contribution is 2.29. The monoisotopic (exact) mass is 269 g/mol. The van der Waals surface area contributed by atoms with E-state index in [2.05, 4.69) is 5.16 Å². The lowest BCUT2D eigenvalue weighted by atomic mass is 10.1. The third-order valence-corrected chi connectivity index (χ3v) is 3.39. The lowest BCUT2D eigenvalue weighted by molar-refractivity contribution is 0.154. The van der Waals surface area contributed by atoms with E-state index in [0.717, 1.165) is 25.1 Å². The van der Waals surface area contributed by atoms with E-state index < -0.39 is 0 Å². The summed E-state index contributed by atoms with van der Waals surface area (Å²) in [7, 11) is 0. The molecule has 1 aromatic rings. The van der Waals surface area contributed by atoms with Gasteiger partial charge in [-0.2, -0.15) is 0 Å². The molecule has 1 aromatic carbocycles. The van der Waals surface area contributed by atoms with Gasteiger partial charge in [-0.25, -0.2) is 0 Å². The van der Waals surface area contributed by atoms with Crippen LogP contribution in [0.5, 0.6) is 0 Å². The third kappa shape index (κ3) is 2.68. The highest BCUT2D eigenvalue weighted by Gasteiger charge is 2.20. The number of hydrogen-bond acceptors (Lipinski definition) is 4. The number of hydrogen-bond donors (Lipinski definition) is 3. The SMILES string of the molecule is NC(=NO)c1ccc(N2CCCC(O)C2)c(Cl)c1. The van der Waals surface area contributed by atoms with Crippen LogP contribution in [0.15, 0.2) is 23.4 Å². The van der Waals surface area contributed by atoms with Gasteiger partial charge in [0.25, 0.3) is 0 Å². The first-order valence-electron chi connectivity index (χ1n) is 5.82. The Morgan fingerprint density at radius 1 is 1.50 bits per heavy atom. The minimum Gasteiger partial charge on any atom is -0.409 e. The van der Waals surface area contributed by atoms with Crippen molar-refractivity contribution in [2.45, 2.75) is 18.9 Å². The summed E-state index contributed by atoms with van der Waals surface area (Å²) in [5.74, 6) is 0.0297. The van der Waals surface area contributed by atoms with Gasteiger partial charge in [0.15, 0.2) is 5.84 Å². The molecular weight excluding hydrogens is 254 g/mol. The van der Waals surface area contributed by atoms with Gasteiger partial charge in [0.1, 0.15) is 0 Å². The maximum atomic E-state index is 9.66. The molecule has 4 N–H and O–H groups in total. The Labute approximate surface area is 110 Å². The van der Waals surface area contributed by atoms with Crippen molar-refractivity contribution in [2.75, 3.05) is 18.0 Å². The van der Waals surface area contributed by atoms with Gasteiger partial charge >= 0.3 is 0 Å². The number of benzene rings is 1. The second kappa shape index (κ2) is 5.46. The third-order valence-electron chi connectivity index (χ3n) is 3.09. The van der Waals surface area contributed by atoms with Crippen LogP contribution in [0.1, 0.15) is 18.4 Å². The van der Waals surface area contributed by atoms with Crippen molar-refractivity contribution in [3.8, 4) is 0 Å². The zero-order chi connectivity index (χ0) is 13.1. The largest absolute Gasteiger partial charge is 0.409 e. The van der Waals surface area contributed by atoms with Crippen molar-refractivity contribution in [3.05, 3.63) is 28.8 Å². The minimum atomic E-state index is -0.307. The summed E-state index contributed by atoms with van der Waals surface area (Å²) in [4.78, 5) is 2.05. The number of aliphatic hydroxyl groups excluding tert-OH is 1. The zero-order valence-corrected chi connectivity index (χ0v) is 10.6. The smallest absolute Gasteiger partial charge is 0.170 e. The quantitative estimate of drug-likeness (QED) is 0.328. The lowest BCUT2D eigenvalue weighted by Crippen LogP contribution is -2.38. The molecule has 98 valence electrons. The molecule has 0 aliphatic carbocycles. The number of aliphatic hydroxyl groups is 1. The van der Waals surface area contributed by atoms with Crippen LogP contribution in [0.3, 0.4) is 0 Å². The van der Waals surface area contributed by atoms with Crippen molar-refractivity contribution >= 4 is 23.1 Å². The summed E-state index contributed by atoms with van der Waals surface area (Å²) in [6.07, 6.45) is 1.47. The van der Waals surface area contributed by atoms with Crippen LogP contribution in [0.2, 0.25) is 5.02 Å². The number of nitrogens with two attached hydrogens (primary N) is 1. The van der Waals surface area contributed by atoms with Gasteiger partial charge in [0.2, 0.25) is 0 Å². The van der Waals surface area contributed by atoms with E-state index in [4.69, 9.17) is 22.5 Å². The van der Waals surface area contributed by atoms with E-state index in [1.807, 2.05) is 11.0 Å². The molecule has 0 bridgehead atoms. The van der Waals surface area contributed by atoms with Gasteiger partial charge in [-0.05, 0) is 31.0 Å². The Balaban J connectivity index is 2.24. The Morgan fingerprint density at radius 2 is 2.28 bits per heavy atom. The molecule has 1 aliphatic heterocycles. The number of halogens is 1. The van der Waals surface area contributed by atoms with Gasteiger partial charge in [-0.1, -0.05) is 16.8 Å². The van der Waals surface area contributed by atoms with Crippen LogP contribution in [-0.4, -0.2) is 35.3 Å². The summed E-state index contributed by atoms with van der Waals surface area (Å²) < 4.78 is 0. The molecule has 0 aromatic heterocycles. The fourth-order valence-corrected chi connectivity index (χ4v) is 2.45. The van der Waals surface area contributed by atoms with E-state index in [-0.39, 0.29) is 11.9 Å². The molecule has 1 atom stereocenters. The fourth-order valence-electron chi connectivity index (χ4n) is 2.15. The molecule has 1 saturated heterocycles. The average molecular weight is 270 g/mol. The first-order valence-corrected chi connectivity index (χ1v) is 6.20. The molecule has 2 rings (SSSR count). The van der Waals surface area contributed by atoms with E-state index in [9.17, 15) is 5.11 Å². The predicted octanol–water partition coefficient (Wildman–Crippen LogP) is 1.40. The Morgan fingerprint density at radius 3 is 2.89 bits per heavy atom. The van der Waals surface area contributed by atoms with E-state index >= 15 is 0 Å². The Bertz CT molecular complexity index is 465. The molecule has 18 heavy (non-hydrogen) atoms. The second-order valence-electron chi connectivity index (χ2n) is 4.39. The summed E-state index contributed by atoms with van der Waals surface area (Å²) in [5.41, 5.74) is 6.94. The molecule has 0 radical (unpaired) electrons. The van der Waals surface area contributed by atoms with Gasteiger partial charge in [0, 0.05) is 18.7 Å². The molecule has 5 nitrogen and oxygen atoms in total. The lowest BCUT2D eigenvalue weighted by Gasteiger charge is -2.32. The van der Waals surface area contributed by atoms with Crippen LogP contribution in [0.25, 0.3) is 0 Å². The van der Waals surface area contributed by atoms with Crippen molar-refractivity contribution in [1.29, 1.82) is 0 Å². The van der Waals surface area contributed by atoms with Crippen molar-refractivity contribution in [3.63, 3.8) is 0 Å². The van der Waals surface area contributed by atoms with Crippen LogP contribution in [0.4, 0.5) is 5.69 Å². The Kier molecular flexibility index (Phi) is 3.93. The standard InChI is InChI=1S/C12H16ClN3O2/c13-10-6-8(12(14)15-18)3-4-11(10)16-5-1-2-9(17)7-16/h3-4,6,9,17-18H,1-2,5,7H2,(H2,14,15). The van der Waals surface area contributed by atoms with Gasteiger partial charge in [0.05, 0.1) is 16.8 Å². The van der Waals surface area contributed by atoms with Gasteiger partial charge in [-0.3, -0.25) is 0 Å². The van der Waals surface area contributed by atoms with E-state index in [1.165, 1.54) is 0 Å². The van der Waals surface area contributed by atoms with Crippen LogP contribution in [-0.2, 0) is 0 Å². The molecule has 1 unspecified atom stereocenters. The first kappa shape index (κ1) is 13.0. The Hall–Kier alpha value is -1.46. The van der Waals surface area contributed by atoms with E-state index in [0.29, 0.717) is 17.1 Å². The molecular formula is C12H16ClN3O2. The van der Waals surface area contributed by atoms with Crippen molar-refractivity contribution < 1.29 is 10.3 Å². The van der Waals surface area contributed by atoms with Crippen LogP contribution >= 0.6 is 11.6 Å². The maximum Gasteiger partial charge on any atom is 0.170 e. The molecule has 1 fully saturated rings. The second-order valence-corrected chi connectivity index (χ2v) is 4.80. The average Bonchev–Trinajstić information content (AvgIpc) is 2.37. The molecule has 6 heteroatoms. The summed E-state index contributed by atoms with van der Waals surface area (Å²) >= 11 is 6.20. The van der Waals surface area contributed by atoms with Gasteiger partial charge < -0.3 is 20.9 Å². The normalized spacial score (nSPS) is 21.1. The maximum absolute atomic E-state index is 9.66. The number of oxime groups is 1. The topological polar surface area (TPSA) is 82.1 Å². The van der Waals surface area contributed by atoms with Gasteiger partial charge in [-0.15, -0.1) is 0 Å². The van der Waals surface area contributed by atoms with E-state index in [1.54, 1.807) is 12.1 Å². The first-order chi connectivity index (χ1) is 8.61. The minimum absolute atomic E-state index is 0.0297. The number of piperidine rings is 1. The number of nitrogens with zero attached hydrogens (tertiary/aromatic N) is 2. The number of anilines is 1. The highest BCUT2D eigenvalue weighted by molar-refractivity contribution is 6.33. The number of amidine groups is 1. The molecule has 0 amide bonds. The van der Waals surface area contributed by atoms with Crippen molar-refractivity contribution in [1.82, 2.24) is 0 Å². The molecule has 0 spiro atoms. The van der Waals surface area contributed by atoms with Crippen molar-refractivity contribution in [2.24, 2.45) is 10.9 Å². The molecule has 0 saturated carbocycles. The predicted molar refractivity (Wildman–Crippen MR) is 71.4 cm³/mol.